The lowest BCUT2D eigenvalue weighted by molar-refractivity contribution is -0.143. The van der Waals surface area contributed by atoms with Gasteiger partial charge in [-0.1, -0.05) is 6.07 Å². The van der Waals surface area contributed by atoms with Crippen LogP contribution in [0, 0.1) is 12.8 Å². The second kappa shape index (κ2) is 6.85. The first-order valence-electron chi connectivity index (χ1n) is 6.95. The molecule has 0 aromatic heterocycles. The molecule has 0 spiro atoms. The molecule has 2 amide bonds. The second-order valence-corrected chi connectivity index (χ2v) is 6.03. The molecule has 6 heteroatoms. The van der Waals surface area contributed by atoms with E-state index in [1.807, 2.05) is 31.4 Å². The van der Waals surface area contributed by atoms with Crippen molar-refractivity contribution in [2.45, 2.75) is 24.7 Å². The van der Waals surface area contributed by atoms with Gasteiger partial charge in [0.15, 0.2) is 0 Å². The summed E-state index contributed by atoms with van der Waals surface area (Å²) in [6.07, 6.45) is 3.37. The van der Waals surface area contributed by atoms with Crippen molar-refractivity contribution in [1.29, 1.82) is 0 Å². The topological polar surface area (TPSA) is 69.6 Å². The fourth-order valence-corrected chi connectivity index (χ4v) is 3.16. The highest BCUT2D eigenvalue weighted by atomic mass is 32.2. The molecule has 1 unspecified atom stereocenters. The third-order valence-corrected chi connectivity index (χ3v) is 4.69. The molecule has 5 nitrogen and oxygen atoms in total. The van der Waals surface area contributed by atoms with Crippen LogP contribution in [-0.2, 0) is 4.79 Å². The Morgan fingerprint density at radius 3 is 2.86 bits per heavy atom. The normalized spacial score (nSPS) is 18.4. The molecule has 1 heterocycles. The van der Waals surface area contributed by atoms with Gasteiger partial charge in [-0.3, -0.25) is 4.79 Å². The summed E-state index contributed by atoms with van der Waals surface area (Å²) in [6, 6.07) is 5.56. The molecule has 0 aliphatic carbocycles. The number of carbonyl (C=O) groups is 2. The standard InChI is InChI=1S/C15H20N2O3S/c1-10-12(6-3-7-13(10)21-2)16-15(20)17-8-4-5-11(9-17)14(18)19/h3,6-7,11H,4-5,8-9H2,1-2H3,(H,16,20)(H,18,19). The maximum absolute atomic E-state index is 12.3. The van der Waals surface area contributed by atoms with Crippen LogP contribution < -0.4 is 5.32 Å². The first kappa shape index (κ1) is 15.7. The average molecular weight is 308 g/mol. The van der Waals surface area contributed by atoms with E-state index in [4.69, 9.17) is 5.11 Å². The van der Waals surface area contributed by atoms with E-state index in [0.717, 1.165) is 22.6 Å². The molecule has 0 saturated carbocycles. The van der Waals surface area contributed by atoms with Gasteiger partial charge in [-0.05, 0) is 43.7 Å². The predicted molar refractivity (Wildman–Crippen MR) is 83.9 cm³/mol. The molecule has 0 bridgehead atoms. The Bertz CT molecular complexity index is 548. The van der Waals surface area contributed by atoms with Crippen LogP contribution >= 0.6 is 11.8 Å². The van der Waals surface area contributed by atoms with Gasteiger partial charge < -0.3 is 15.3 Å². The molecule has 114 valence electrons. The Morgan fingerprint density at radius 1 is 1.43 bits per heavy atom. The number of anilines is 1. The zero-order valence-corrected chi connectivity index (χ0v) is 13.1. The van der Waals surface area contributed by atoms with Crippen molar-refractivity contribution in [1.82, 2.24) is 4.90 Å². The number of hydrogen-bond donors (Lipinski definition) is 2. The molecular weight excluding hydrogens is 288 g/mol. The summed E-state index contributed by atoms with van der Waals surface area (Å²) in [5.74, 6) is -1.28. The van der Waals surface area contributed by atoms with Crippen LogP contribution in [0.15, 0.2) is 23.1 Å². The van der Waals surface area contributed by atoms with E-state index in [1.165, 1.54) is 0 Å². The van der Waals surface area contributed by atoms with Gasteiger partial charge in [-0.25, -0.2) is 4.79 Å². The van der Waals surface area contributed by atoms with Crippen LogP contribution in [0.5, 0.6) is 0 Å². The van der Waals surface area contributed by atoms with E-state index >= 15 is 0 Å². The number of carboxylic acid groups (broad SMARTS) is 1. The molecule has 1 fully saturated rings. The SMILES string of the molecule is CSc1cccc(NC(=O)N2CCCC(C(=O)O)C2)c1C. The minimum Gasteiger partial charge on any atom is -0.481 e. The van der Waals surface area contributed by atoms with Crippen molar-refractivity contribution < 1.29 is 14.7 Å². The monoisotopic (exact) mass is 308 g/mol. The molecule has 0 radical (unpaired) electrons. The molecule has 1 aliphatic heterocycles. The molecule has 21 heavy (non-hydrogen) atoms. The maximum atomic E-state index is 12.3. The maximum Gasteiger partial charge on any atom is 0.321 e. The smallest absolute Gasteiger partial charge is 0.321 e. The Kier molecular flexibility index (Phi) is 5.12. The number of piperidine rings is 1. The largest absolute Gasteiger partial charge is 0.481 e. The van der Waals surface area contributed by atoms with Gasteiger partial charge >= 0.3 is 12.0 Å². The van der Waals surface area contributed by atoms with Crippen LogP contribution in [0.1, 0.15) is 18.4 Å². The Morgan fingerprint density at radius 2 is 2.19 bits per heavy atom. The summed E-state index contributed by atoms with van der Waals surface area (Å²) < 4.78 is 0. The summed E-state index contributed by atoms with van der Waals surface area (Å²) in [5.41, 5.74) is 1.81. The summed E-state index contributed by atoms with van der Waals surface area (Å²) in [5, 5.41) is 12.0. The first-order valence-corrected chi connectivity index (χ1v) is 8.17. The lowest BCUT2D eigenvalue weighted by Crippen LogP contribution is -2.44. The fraction of sp³-hybridized carbons (Fsp3) is 0.467. The summed E-state index contributed by atoms with van der Waals surface area (Å²) >= 11 is 1.63. The van der Waals surface area contributed by atoms with Crippen LogP contribution in [0.2, 0.25) is 0 Å². The predicted octanol–water partition coefficient (Wildman–Crippen LogP) is 3.05. The fourth-order valence-electron chi connectivity index (χ4n) is 2.53. The van der Waals surface area contributed by atoms with Gasteiger partial charge in [0.25, 0.3) is 0 Å². The zero-order chi connectivity index (χ0) is 15.4. The molecule has 1 aromatic rings. The first-order chi connectivity index (χ1) is 10.0. The number of hydrogen-bond acceptors (Lipinski definition) is 3. The summed E-state index contributed by atoms with van der Waals surface area (Å²) in [6.45, 7) is 2.86. The van der Waals surface area contributed by atoms with E-state index in [-0.39, 0.29) is 12.6 Å². The Hall–Kier alpha value is -1.69. The van der Waals surface area contributed by atoms with E-state index < -0.39 is 11.9 Å². The lowest BCUT2D eigenvalue weighted by atomic mass is 9.99. The van der Waals surface area contributed by atoms with Crippen molar-refractivity contribution >= 4 is 29.4 Å². The molecule has 1 saturated heterocycles. The van der Waals surface area contributed by atoms with Gasteiger partial charge in [0, 0.05) is 23.7 Å². The number of amides is 2. The quantitative estimate of drug-likeness (QED) is 0.842. The van der Waals surface area contributed by atoms with Crippen molar-refractivity contribution in [3.8, 4) is 0 Å². The number of thioether (sulfide) groups is 1. The molecular formula is C15H20N2O3S. The zero-order valence-electron chi connectivity index (χ0n) is 12.3. The van der Waals surface area contributed by atoms with Crippen molar-refractivity contribution in [3.63, 3.8) is 0 Å². The van der Waals surface area contributed by atoms with Crippen molar-refractivity contribution in [2.75, 3.05) is 24.7 Å². The van der Waals surface area contributed by atoms with Gasteiger partial charge in [0.1, 0.15) is 0 Å². The van der Waals surface area contributed by atoms with E-state index in [0.29, 0.717) is 13.0 Å². The minimum atomic E-state index is -0.826. The number of nitrogens with one attached hydrogen (secondary N) is 1. The molecule has 1 atom stereocenters. The third kappa shape index (κ3) is 3.69. The van der Waals surface area contributed by atoms with Gasteiger partial charge in [-0.2, -0.15) is 0 Å². The van der Waals surface area contributed by atoms with Crippen LogP contribution in [0.4, 0.5) is 10.5 Å². The highest BCUT2D eigenvalue weighted by Gasteiger charge is 2.28. The molecule has 1 aromatic carbocycles. The van der Waals surface area contributed by atoms with E-state index in [9.17, 15) is 9.59 Å². The van der Waals surface area contributed by atoms with E-state index in [2.05, 4.69) is 5.32 Å². The summed E-state index contributed by atoms with van der Waals surface area (Å²) in [4.78, 5) is 26.1. The van der Waals surface area contributed by atoms with Gasteiger partial charge in [0.2, 0.25) is 0 Å². The number of carboxylic acids is 1. The third-order valence-electron chi connectivity index (χ3n) is 3.80. The number of benzene rings is 1. The number of likely N-dealkylation sites (tertiary alicyclic amines) is 1. The second-order valence-electron chi connectivity index (χ2n) is 5.19. The highest BCUT2D eigenvalue weighted by molar-refractivity contribution is 7.98. The van der Waals surface area contributed by atoms with Crippen molar-refractivity contribution in [2.24, 2.45) is 5.92 Å². The Labute approximate surface area is 128 Å². The minimum absolute atomic E-state index is 0.220. The van der Waals surface area contributed by atoms with Crippen LogP contribution in [0.3, 0.4) is 0 Å². The Balaban J connectivity index is 2.06. The van der Waals surface area contributed by atoms with E-state index in [1.54, 1.807) is 16.7 Å². The highest BCUT2D eigenvalue weighted by Crippen LogP contribution is 2.26. The molecule has 1 aliphatic rings. The average Bonchev–Trinajstić information content (AvgIpc) is 2.49. The van der Waals surface area contributed by atoms with Crippen LogP contribution in [-0.4, -0.2) is 41.4 Å². The lowest BCUT2D eigenvalue weighted by Gasteiger charge is -2.31. The van der Waals surface area contributed by atoms with Crippen LogP contribution in [0.25, 0.3) is 0 Å². The molecule has 2 N–H and O–H groups in total. The number of rotatable bonds is 3. The van der Waals surface area contributed by atoms with Crippen molar-refractivity contribution in [3.05, 3.63) is 23.8 Å². The number of urea groups is 1. The number of aliphatic carboxylic acids is 1. The number of nitrogens with zero attached hydrogens (tertiary/aromatic N) is 1. The van der Waals surface area contributed by atoms with Gasteiger partial charge in [-0.15, -0.1) is 11.8 Å². The van der Waals surface area contributed by atoms with Gasteiger partial charge in [0.05, 0.1) is 5.92 Å². The molecule has 2 rings (SSSR count). The summed E-state index contributed by atoms with van der Waals surface area (Å²) in [7, 11) is 0. The number of carbonyl (C=O) groups excluding carboxylic acids is 1.